The lowest BCUT2D eigenvalue weighted by Gasteiger charge is -2.19. The lowest BCUT2D eigenvalue weighted by Crippen LogP contribution is -2.43. The zero-order valence-corrected chi connectivity index (χ0v) is 15.6. The maximum Gasteiger partial charge on any atom is 0.315 e. The van der Waals surface area contributed by atoms with Crippen LogP contribution in [0.25, 0.3) is 0 Å². The lowest BCUT2D eigenvalue weighted by molar-refractivity contribution is -0.137. The van der Waals surface area contributed by atoms with Crippen molar-refractivity contribution < 1.29 is 14.7 Å². The highest BCUT2D eigenvalue weighted by Crippen LogP contribution is 2.08. The predicted molar refractivity (Wildman–Crippen MR) is 105 cm³/mol. The SMILES string of the molecule is Cc1cccnc1CCCNC(=O)NC(CCC(=O)O)Cc1ccccc1. The van der Waals surface area contributed by atoms with Crippen molar-refractivity contribution in [3.63, 3.8) is 0 Å². The van der Waals surface area contributed by atoms with Gasteiger partial charge in [-0.05, 0) is 49.8 Å². The number of benzene rings is 1. The number of urea groups is 1. The molecule has 6 nitrogen and oxygen atoms in total. The number of rotatable bonds is 10. The number of aliphatic carboxylic acids is 1. The van der Waals surface area contributed by atoms with Crippen LogP contribution in [0, 0.1) is 6.92 Å². The number of amides is 2. The highest BCUT2D eigenvalue weighted by atomic mass is 16.4. The molecular formula is C21H27N3O3. The van der Waals surface area contributed by atoms with Crippen LogP contribution in [-0.2, 0) is 17.6 Å². The average Bonchev–Trinajstić information content (AvgIpc) is 2.65. The van der Waals surface area contributed by atoms with E-state index in [1.807, 2.05) is 49.4 Å². The van der Waals surface area contributed by atoms with Crippen LogP contribution in [0.1, 0.15) is 36.1 Å². The van der Waals surface area contributed by atoms with E-state index < -0.39 is 5.97 Å². The first-order valence-electron chi connectivity index (χ1n) is 9.25. The molecule has 2 rings (SSSR count). The average molecular weight is 369 g/mol. The molecule has 1 atom stereocenters. The molecule has 0 bridgehead atoms. The molecule has 6 heteroatoms. The molecule has 2 amide bonds. The molecule has 0 spiro atoms. The number of nitrogens with one attached hydrogen (secondary N) is 2. The van der Waals surface area contributed by atoms with Crippen LogP contribution >= 0.6 is 0 Å². The van der Waals surface area contributed by atoms with E-state index in [1.54, 1.807) is 6.20 Å². The van der Waals surface area contributed by atoms with Crippen molar-refractivity contribution in [2.75, 3.05) is 6.54 Å². The molecule has 0 fully saturated rings. The Morgan fingerprint density at radius 3 is 2.63 bits per heavy atom. The minimum Gasteiger partial charge on any atom is -0.481 e. The molecule has 27 heavy (non-hydrogen) atoms. The molecule has 1 aromatic carbocycles. The van der Waals surface area contributed by atoms with Gasteiger partial charge in [-0.1, -0.05) is 36.4 Å². The molecule has 1 unspecified atom stereocenters. The number of aryl methyl sites for hydroxylation is 2. The van der Waals surface area contributed by atoms with E-state index in [1.165, 1.54) is 0 Å². The van der Waals surface area contributed by atoms with Crippen LogP contribution in [0.4, 0.5) is 4.79 Å². The normalized spacial score (nSPS) is 11.6. The molecule has 2 aromatic rings. The first kappa shape index (κ1) is 20.4. The Labute approximate surface area is 160 Å². The number of carboxylic acid groups (broad SMARTS) is 1. The van der Waals surface area contributed by atoms with Gasteiger partial charge in [0, 0.05) is 30.9 Å². The number of hydrogen-bond acceptors (Lipinski definition) is 3. The standard InChI is InChI=1S/C21H27N3O3/c1-16-7-5-13-22-19(16)10-6-14-23-21(27)24-18(11-12-20(25)26)15-17-8-3-2-4-9-17/h2-5,7-9,13,18H,6,10-12,14-15H2,1H3,(H,25,26)(H2,23,24,27). The van der Waals surface area contributed by atoms with Gasteiger partial charge in [-0.15, -0.1) is 0 Å². The fourth-order valence-electron chi connectivity index (χ4n) is 2.90. The van der Waals surface area contributed by atoms with Crippen molar-refractivity contribution in [3.05, 3.63) is 65.5 Å². The van der Waals surface area contributed by atoms with E-state index >= 15 is 0 Å². The van der Waals surface area contributed by atoms with Gasteiger partial charge in [0.1, 0.15) is 0 Å². The summed E-state index contributed by atoms with van der Waals surface area (Å²) >= 11 is 0. The topological polar surface area (TPSA) is 91.3 Å². The largest absolute Gasteiger partial charge is 0.481 e. The summed E-state index contributed by atoms with van der Waals surface area (Å²) in [5.41, 5.74) is 3.26. The third kappa shape index (κ3) is 7.90. The summed E-state index contributed by atoms with van der Waals surface area (Å²) in [6, 6.07) is 13.2. The Hall–Kier alpha value is -2.89. The highest BCUT2D eigenvalue weighted by Gasteiger charge is 2.14. The Morgan fingerprint density at radius 2 is 1.93 bits per heavy atom. The van der Waals surface area contributed by atoms with Crippen molar-refractivity contribution in [1.82, 2.24) is 15.6 Å². The molecule has 0 saturated carbocycles. The minimum absolute atomic E-state index is 0.0245. The van der Waals surface area contributed by atoms with Gasteiger partial charge < -0.3 is 15.7 Å². The number of carboxylic acids is 1. The van der Waals surface area contributed by atoms with E-state index in [4.69, 9.17) is 5.11 Å². The molecule has 1 heterocycles. The Morgan fingerprint density at radius 1 is 1.15 bits per heavy atom. The third-order valence-electron chi connectivity index (χ3n) is 4.36. The monoisotopic (exact) mass is 369 g/mol. The summed E-state index contributed by atoms with van der Waals surface area (Å²) in [5, 5.41) is 14.7. The van der Waals surface area contributed by atoms with Crippen LogP contribution in [0.3, 0.4) is 0 Å². The predicted octanol–water partition coefficient (Wildman–Crippen LogP) is 3.10. The quantitative estimate of drug-likeness (QED) is 0.561. The summed E-state index contributed by atoms with van der Waals surface area (Å²) in [5.74, 6) is -0.860. The smallest absolute Gasteiger partial charge is 0.315 e. The van der Waals surface area contributed by atoms with Crippen LogP contribution in [0.5, 0.6) is 0 Å². The second kappa shape index (κ2) is 11.0. The fourth-order valence-corrected chi connectivity index (χ4v) is 2.90. The minimum atomic E-state index is -0.860. The molecule has 0 saturated heterocycles. The van der Waals surface area contributed by atoms with Crippen molar-refractivity contribution in [2.24, 2.45) is 0 Å². The molecule has 0 aliphatic carbocycles. The van der Waals surface area contributed by atoms with Gasteiger partial charge in [-0.2, -0.15) is 0 Å². The Kier molecular flexibility index (Phi) is 8.29. The van der Waals surface area contributed by atoms with Crippen LogP contribution < -0.4 is 10.6 Å². The second-order valence-corrected chi connectivity index (χ2v) is 6.59. The number of hydrogen-bond donors (Lipinski definition) is 3. The van der Waals surface area contributed by atoms with E-state index in [-0.39, 0.29) is 18.5 Å². The maximum absolute atomic E-state index is 12.2. The molecule has 0 aliphatic heterocycles. The Bertz CT molecular complexity index is 734. The summed E-state index contributed by atoms with van der Waals surface area (Å²) < 4.78 is 0. The molecule has 0 aliphatic rings. The Balaban J connectivity index is 1.78. The van der Waals surface area contributed by atoms with Gasteiger partial charge >= 0.3 is 12.0 Å². The second-order valence-electron chi connectivity index (χ2n) is 6.59. The van der Waals surface area contributed by atoms with Crippen LogP contribution in [0.15, 0.2) is 48.7 Å². The zero-order chi connectivity index (χ0) is 19.5. The van der Waals surface area contributed by atoms with E-state index in [0.717, 1.165) is 29.7 Å². The summed E-state index contributed by atoms with van der Waals surface area (Å²) in [7, 11) is 0. The van der Waals surface area contributed by atoms with Crippen molar-refractivity contribution >= 4 is 12.0 Å². The van der Waals surface area contributed by atoms with E-state index in [9.17, 15) is 9.59 Å². The molecular weight excluding hydrogens is 342 g/mol. The van der Waals surface area contributed by atoms with E-state index in [0.29, 0.717) is 19.4 Å². The summed E-state index contributed by atoms with van der Waals surface area (Å²) in [6.45, 7) is 2.57. The van der Waals surface area contributed by atoms with Gasteiger partial charge in [-0.25, -0.2) is 4.79 Å². The number of carbonyl (C=O) groups is 2. The number of carbonyl (C=O) groups excluding carboxylic acids is 1. The number of pyridine rings is 1. The van der Waals surface area contributed by atoms with Gasteiger partial charge in [0.05, 0.1) is 0 Å². The van der Waals surface area contributed by atoms with Crippen molar-refractivity contribution in [3.8, 4) is 0 Å². The highest BCUT2D eigenvalue weighted by molar-refractivity contribution is 5.74. The fraction of sp³-hybridized carbons (Fsp3) is 0.381. The number of nitrogens with zero attached hydrogens (tertiary/aromatic N) is 1. The van der Waals surface area contributed by atoms with Crippen LogP contribution in [0.2, 0.25) is 0 Å². The van der Waals surface area contributed by atoms with Crippen LogP contribution in [-0.4, -0.2) is 34.7 Å². The zero-order valence-electron chi connectivity index (χ0n) is 15.6. The number of aromatic nitrogens is 1. The summed E-state index contributed by atoms with van der Waals surface area (Å²) in [6.07, 6.45) is 4.40. The maximum atomic E-state index is 12.2. The van der Waals surface area contributed by atoms with Gasteiger partial charge in [0.15, 0.2) is 0 Å². The van der Waals surface area contributed by atoms with E-state index in [2.05, 4.69) is 15.6 Å². The first-order chi connectivity index (χ1) is 13.0. The molecule has 144 valence electrons. The van der Waals surface area contributed by atoms with Gasteiger partial charge in [0.2, 0.25) is 0 Å². The summed E-state index contributed by atoms with van der Waals surface area (Å²) in [4.78, 5) is 27.4. The third-order valence-corrected chi connectivity index (χ3v) is 4.36. The van der Waals surface area contributed by atoms with Crippen molar-refractivity contribution in [2.45, 2.75) is 45.1 Å². The molecule has 0 radical (unpaired) electrons. The molecule has 3 N–H and O–H groups in total. The van der Waals surface area contributed by atoms with Crippen molar-refractivity contribution in [1.29, 1.82) is 0 Å². The molecule has 1 aromatic heterocycles. The first-order valence-corrected chi connectivity index (χ1v) is 9.25. The lowest BCUT2D eigenvalue weighted by atomic mass is 10.0. The van der Waals surface area contributed by atoms with Gasteiger partial charge in [-0.3, -0.25) is 9.78 Å². The van der Waals surface area contributed by atoms with Gasteiger partial charge in [0.25, 0.3) is 0 Å².